The maximum atomic E-state index is 12.7. The topological polar surface area (TPSA) is 56.1 Å². The van der Waals surface area contributed by atoms with Gasteiger partial charge in [0.15, 0.2) is 0 Å². The van der Waals surface area contributed by atoms with E-state index in [9.17, 15) is 4.79 Å². The SMILES string of the molecule is CC1CCc2ccccc2N1C(=O)CNc1cccc(C#N)c1. The first kappa shape index (κ1) is 15.1. The lowest BCUT2D eigenvalue weighted by Crippen LogP contribution is -2.44. The molecule has 2 aromatic carbocycles. The Morgan fingerprint density at radius 3 is 2.96 bits per heavy atom. The number of nitrogens with zero attached hydrogens (tertiary/aromatic N) is 2. The van der Waals surface area contributed by atoms with Crippen LogP contribution in [0.3, 0.4) is 0 Å². The van der Waals surface area contributed by atoms with Crippen LogP contribution in [-0.4, -0.2) is 18.5 Å². The first-order chi connectivity index (χ1) is 11.2. The lowest BCUT2D eigenvalue weighted by Gasteiger charge is -2.35. The summed E-state index contributed by atoms with van der Waals surface area (Å²) in [5.41, 5.74) is 3.61. The van der Waals surface area contributed by atoms with Crippen molar-refractivity contribution in [3.8, 4) is 6.07 Å². The Morgan fingerprint density at radius 1 is 1.30 bits per heavy atom. The number of nitriles is 1. The molecular formula is C19H19N3O. The van der Waals surface area contributed by atoms with E-state index < -0.39 is 0 Å². The predicted octanol–water partition coefficient (Wildman–Crippen LogP) is 3.34. The highest BCUT2D eigenvalue weighted by Gasteiger charge is 2.27. The number of benzene rings is 2. The van der Waals surface area contributed by atoms with Gasteiger partial charge in [0.05, 0.1) is 18.2 Å². The Labute approximate surface area is 136 Å². The van der Waals surface area contributed by atoms with Crippen molar-refractivity contribution in [2.24, 2.45) is 0 Å². The summed E-state index contributed by atoms with van der Waals surface area (Å²) >= 11 is 0. The Hall–Kier alpha value is -2.80. The fourth-order valence-corrected chi connectivity index (χ4v) is 3.03. The normalized spacial score (nSPS) is 16.3. The Kier molecular flexibility index (Phi) is 4.29. The van der Waals surface area contributed by atoms with E-state index in [0.29, 0.717) is 5.56 Å². The molecule has 23 heavy (non-hydrogen) atoms. The molecule has 3 rings (SSSR count). The molecule has 1 unspecified atom stereocenters. The predicted molar refractivity (Wildman–Crippen MR) is 91.4 cm³/mol. The van der Waals surface area contributed by atoms with Crippen LogP contribution in [0.5, 0.6) is 0 Å². The van der Waals surface area contributed by atoms with Crippen LogP contribution in [0.15, 0.2) is 48.5 Å². The molecule has 0 bridgehead atoms. The van der Waals surface area contributed by atoms with Gasteiger partial charge in [0, 0.05) is 17.4 Å². The number of para-hydroxylation sites is 1. The first-order valence-electron chi connectivity index (χ1n) is 7.83. The number of rotatable bonds is 3. The molecule has 0 saturated carbocycles. The molecule has 1 N–H and O–H groups in total. The van der Waals surface area contributed by atoms with Crippen molar-refractivity contribution in [1.29, 1.82) is 5.26 Å². The van der Waals surface area contributed by atoms with E-state index in [2.05, 4.69) is 24.4 Å². The Bertz CT molecular complexity index is 763. The van der Waals surface area contributed by atoms with Gasteiger partial charge in [0.1, 0.15) is 0 Å². The molecule has 0 radical (unpaired) electrons. The summed E-state index contributed by atoms with van der Waals surface area (Å²) in [6.07, 6.45) is 1.99. The number of aryl methyl sites for hydroxylation is 1. The van der Waals surface area contributed by atoms with E-state index in [4.69, 9.17) is 5.26 Å². The number of amides is 1. The molecule has 1 aliphatic rings. The fourth-order valence-electron chi connectivity index (χ4n) is 3.03. The average molecular weight is 305 g/mol. The minimum Gasteiger partial charge on any atom is -0.376 e. The first-order valence-corrected chi connectivity index (χ1v) is 7.83. The third kappa shape index (κ3) is 3.19. The van der Waals surface area contributed by atoms with Crippen LogP contribution >= 0.6 is 0 Å². The second-order valence-electron chi connectivity index (χ2n) is 5.83. The van der Waals surface area contributed by atoms with Gasteiger partial charge in [-0.05, 0) is 49.6 Å². The molecule has 0 fully saturated rings. The van der Waals surface area contributed by atoms with Crippen LogP contribution in [0.2, 0.25) is 0 Å². The second-order valence-corrected chi connectivity index (χ2v) is 5.83. The fraction of sp³-hybridized carbons (Fsp3) is 0.263. The van der Waals surface area contributed by atoms with E-state index in [1.54, 1.807) is 12.1 Å². The van der Waals surface area contributed by atoms with Gasteiger partial charge < -0.3 is 10.2 Å². The Balaban J connectivity index is 1.74. The highest BCUT2D eigenvalue weighted by Crippen LogP contribution is 2.30. The third-order valence-electron chi connectivity index (χ3n) is 4.23. The number of fused-ring (bicyclic) bond motifs is 1. The molecule has 4 heteroatoms. The van der Waals surface area contributed by atoms with Gasteiger partial charge in [-0.3, -0.25) is 4.79 Å². The van der Waals surface area contributed by atoms with Crippen LogP contribution in [0.4, 0.5) is 11.4 Å². The molecule has 1 atom stereocenters. The van der Waals surface area contributed by atoms with E-state index in [1.165, 1.54) is 5.56 Å². The van der Waals surface area contributed by atoms with Crippen LogP contribution in [0.25, 0.3) is 0 Å². The minimum atomic E-state index is 0.0482. The molecule has 0 saturated heterocycles. The summed E-state index contributed by atoms with van der Waals surface area (Å²) in [4.78, 5) is 14.6. The molecule has 0 aliphatic carbocycles. The van der Waals surface area contributed by atoms with Crippen molar-refractivity contribution in [3.05, 3.63) is 59.7 Å². The van der Waals surface area contributed by atoms with Crippen LogP contribution < -0.4 is 10.2 Å². The van der Waals surface area contributed by atoms with Crippen molar-refractivity contribution in [3.63, 3.8) is 0 Å². The lowest BCUT2D eigenvalue weighted by atomic mass is 9.96. The largest absolute Gasteiger partial charge is 0.376 e. The molecule has 2 aromatic rings. The molecular weight excluding hydrogens is 286 g/mol. The summed E-state index contributed by atoms with van der Waals surface area (Å²) in [5.74, 6) is 0.0482. The Morgan fingerprint density at radius 2 is 2.13 bits per heavy atom. The van der Waals surface area contributed by atoms with Gasteiger partial charge in [-0.2, -0.15) is 5.26 Å². The van der Waals surface area contributed by atoms with Crippen LogP contribution in [0.1, 0.15) is 24.5 Å². The highest BCUT2D eigenvalue weighted by atomic mass is 16.2. The van der Waals surface area contributed by atoms with E-state index in [1.807, 2.05) is 35.2 Å². The second kappa shape index (κ2) is 6.53. The molecule has 1 heterocycles. The molecule has 0 spiro atoms. The highest BCUT2D eigenvalue weighted by molar-refractivity contribution is 5.97. The van der Waals surface area contributed by atoms with Crippen molar-refractivity contribution in [1.82, 2.24) is 0 Å². The van der Waals surface area contributed by atoms with Crippen molar-refractivity contribution >= 4 is 17.3 Å². The zero-order valence-electron chi connectivity index (χ0n) is 13.1. The number of hydrogen-bond donors (Lipinski definition) is 1. The zero-order valence-corrected chi connectivity index (χ0v) is 13.1. The van der Waals surface area contributed by atoms with E-state index in [0.717, 1.165) is 24.2 Å². The monoisotopic (exact) mass is 305 g/mol. The van der Waals surface area contributed by atoms with Gasteiger partial charge in [-0.15, -0.1) is 0 Å². The summed E-state index contributed by atoms with van der Waals surface area (Å²) in [5, 5.41) is 12.1. The maximum absolute atomic E-state index is 12.7. The van der Waals surface area contributed by atoms with E-state index in [-0.39, 0.29) is 18.5 Å². The smallest absolute Gasteiger partial charge is 0.246 e. The van der Waals surface area contributed by atoms with Crippen LogP contribution in [-0.2, 0) is 11.2 Å². The van der Waals surface area contributed by atoms with Crippen molar-refractivity contribution < 1.29 is 4.79 Å². The average Bonchev–Trinajstić information content (AvgIpc) is 2.59. The van der Waals surface area contributed by atoms with Crippen LogP contribution in [0, 0.1) is 11.3 Å². The molecule has 0 aromatic heterocycles. The molecule has 116 valence electrons. The van der Waals surface area contributed by atoms with E-state index >= 15 is 0 Å². The lowest BCUT2D eigenvalue weighted by molar-refractivity contribution is -0.117. The standard InChI is InChI=1S/C19H19N3O/c1-14-9-10-16-6-2-3-8-18(16)22(14)19(23)13-21-17-7-4-5-15(11-17)12-20/h2-8,11,14,21H,9-10,13H2,1H3. The van der Waals surface area contributed by atoms with Gasteiger partial charge in [0.2, 0.25) is 5.91 Å². The van der Waals surface area contributed by atoms with Gasteiger partial charge >= 0.3 is 0 Å². The summed E-state index contributed by atoms with van der Waals surface area (Å²) < 4.78 is 0. The quantitative estimate of drug-likeness (QED) is 0.946. The number of anilines is 2. The number of carbonyl (C=O) groups is 1. The number of nitrogens with one attached hydrogen (secondary N) is 1. The number of carbonyl (C=O) groups excluding carboxylic acids is 1. The van der Waals surface area contributed by atoms with Gasteiger partial charge in [-0.25, -0.2) is 0 Å². The summed E-state index contributed by atoms with van der Waals surface area (Å²) in [7, 11) is 0. The molecule has 4 nitrogen and oxygen atoms in total. The summed E-state index contributed by atoms with van der Waals surface area (Å²) in [6, 6.07) is 17.6. The van der Waals surface area contributed by atoms with Gasteiger partial charge in [0.25, 0.3) is 0 Å². The molecule has 1 amide bonds. The van der Waals surface area contributed by atoms with Crippen molar-refractivity contribution in [2.45, 2.75) is 25.8 Å². The van der Waals surface area contributed by atoms with Crippen molar-refractivity contribution in [2.75, 3.05) is 16.8 Å². The van der Waals surface area contributed by atoms with Gasteiger partial charge in [-0.1, -0.05) is 24.3 Å². The number of hydrogen-bond acceptors (Lipinski definition) is 3. The molecule has 1 aliphatic heterocycles. The minimum absolute atomic E-state index is 0.0482. The zero-order chi connectivity index (χ0) is 16.2. The summed E-state index contributed by atoms with van der Waals surface area (Å²) in [6.45, 7) is 2.30. The maximum Gasteiger partial charge on any atom is 0.246 e. The third-order valence-corrected chi connectivity index (χ3v) is 4.23.